The Morgan fingerprint density at radius 2 is 1.10 bits per heavy atom. The third-order valence-electron chi connectivity index (χ3n) is 3.76. The monoisotopic (exact) mass is 358 g/mol. The first kappa shape index (κ1) is 18.0. The van der Waals surface area contributed by atoms with E-state index in [1.807, 2.05) is 12.1 Å². The van der Waals surface area contributed by atoms with Crippen LogP contribution in [0, 0.1) is 0 Å². The van der Waals surface area contributed by atoms with E-state index >= 15 is 0 Å². The molecular formula is C18H28BrCl. The predicted octanol–water partition coefficient (Wildman–Crippen LogP) is 7.18. The minimum absolute atomic E-state index is 0.838. The van der Waals surface area contributed by atoms with E-state index in [0.717, 1.165) is 5.02 Å². The minimum atomic E-state index is 0.838. The predicted molar refractivity (Wildman–Crippen MR) is 95.1 cm³/mol. The average molecular weight is 360 g/mol. The molecule has 0 fully saturated rings. The van der Waals surface area contributed by atoms with Gasteiger partial charge in [-0.15, -0.1) is 0 Å². The van der Waals surface area contributed by atoms with Gasteiger partial charge in [0.25, 0.3) is 0 Å². The van der Waals surface area contributed by atoms with Gasteiger partial charge in [-0.05, 0) is 37.0 Å². The van der Waals surface area contributed by atoms with Gasteiger partial charge in [0, 0.05) is 10.4 Å². The molecule has 20 heavy (non-hydrogen) atoms. The highest BCUT2D eigenvalue weighted by atomic mass is 79.9. The van der Waals surface area contributed by atoms with E-state index in [1.165, 1.54) is 81.5 Å². The highest BCUT2D eigenvalue weighted by molar-refractivity contribution is 9.09. The maximum atomic E-state index is 5.88. The first-order valence-corrected chi connectivity index (χ1v) is 9.63. The SMILES string of the molecule is Clc1ccc(CCCCCCCCCCCCBr)cc1. The van der Waals surface area contributed by atoms with E-state index in [-0.39, 0.29) is 0 Å². The van der Waals surface area contributed by atoms with Crippen LogP contribution in [0.25, 0.3) is 0 Å². The van der Waals surface area contributed by atoms with Crippen molar-refractivity contribution in [3.8, 4) is 0 Å². The van der Waals surface area contributed by atoms with Crippen molar-refractivity contribution in [2.45, 2.75) is 70.6 Å². The quantitative estimate of drug-likeness (QED) is 0.274. The van der Waals surface area contributed by atoms with Crippen LogP contribution >= 0.6 is 27.5 Å². The Hall–Kier alpha value is -0.0100. The zero-order chi connectivity index (χ0) is 14.5. The molecule has 2 heteroatoms. The van der Waals surface area contributed by atoms with Gasteiger partial charge in [0.05, 0.1) is 0 Å². The lowest BCUT2D eigenvalue weighted by molar-refractivity contribution is 0.557. The fourth-order valence-corrected chi connectivity index (χ4v) is 3.01. The van der Waals surface area contributed by atoms with Gasteiger partial charge in [0.2, 0.25) is 0 Å². The van der Waals surface area contributed by atoms with Crippen molar-refractivity contribution < 1.29 is 0 Å². The van der Waals surface area contributed by atoms with Crippen LogP contribution in [-0.4, -0.2) is 5.33 Å². The molecule has 0 radical (unpaired) electrons. The molecule has 0 N–H and O–H groups in total. The van der Waals surface area contributed by atoms with Gasteiger partial charge in [0.1, 0.15) is 0 Å². The number of unbranched alkanes of at least 4 members (excludes halogenated alkanes) is 9. The normalized spacial score (nSPS) is 10.9. The lowest BCUT2D eigenvalue weighted by Gasteiger charge is -2.03. The number of halogens is 2. The second-order valence-corrected chi connectivity index (χ2v) is 6.83. The fourth-order valence-electron chi connectivity index (χ4n) is 2.49. The van der Waals surface area contributed by atoms with Crippen LogP contribution in [0.15, 0.2) is 24.3 Å². The summed E-state index contributed by atoms with van der Waals surface area (Å²) in [6.45, 7) is 0. The largest absolute Gasteiger partial charge is 0.0928 e. The molecule has 1 aromatic rings. The summed E-state index contributed by atoms with van der Waals surface area (Å²) < 4.78 is 0. The third-order valence-corrected chi connectivity index (χ3v) is 4.58. The van der Waals surface area contributed by atoms with E-state index in [2.05, 4.69) is 28.1 Å². The summed E-state index contributed by atoms with van der Waals surface area (Å²) in [6, 6.07) is 8.28. The van der Waals surface area contributed by atoms with Crippen molar-refractivity contribution >= 4 is 27.5 Å². The molecular weight excluding hydrogens is 332 g/mol. The van der Waals surface area contributed by atoms with Crippen LogP contribution in [0.2, 0.25) is 5.02 Å². The van der Waals surface area contributed by atoms with Gasteiger partial charge < -0.3 is 0 Å². The van der Waals surface area contributed by atoms with Crippen LogP contribution in [0.3, 0.4) is 0 Å². The number of benzene rings is 1. The summed E-state index contributed by atoms with van der Waals surface area (Å²) in [4.78, 5) is 0. The van der Waals surface area contributed by atoms with Gasteiger partial charge in [-0.3, -0.25) is 0 Å². The van der Waals surface area contributed by atoms with Crippen molar-refractivity contribution in [3.05, 3.63) is 34.9 Å². The summed E-state index contributed by atoms with van der Waals surface area (Å²) >= 11 is 9.36. The van der Waals surface area contributed by atoms with Gasteiger partial charge in [0.15, 0.2) is 0 Å². The fraction of sp³-hybridized carbons (Fsp3) is 0.667. The molecule has 0 spiro atoms. The maximum absolute atomic E-state index is 5.88. The second kappa shape index (κ2) is 12.7. The van der Waals surface area contributed by atoms with E-state index < -0.39 is 0 Å². The summed E-state index contributed by atoms with van der Waals surface area (Å²) in [5, 5.41) is 2.01. The molecule has 0 aliphatic heterocycles. The molecule has 0 unspecified atom stereocenters. The van der Waals surface area contributed by atoms with Crippen molar-refractivity contribution in [1.82, 2.24) is 0 Å². The standard InChI is InChI=1S/C18H28BrCl/c19-16-10-8-6-4-2-1-3-5-7-9-11-17-12-14-18(20)15-13-17/h12-15H,1-11,16H2. The second-order valence-electron chi connectivity index (χ2n) is 5.60. The molecule has 0 aromatic heterocycles. The lowest BCUT2D eigenvalue weighted by atomic mass is 10.0. The van der Waals surface area contributed by atoms with Crippen LogP contribution in [-0.2, 0) is 6.42 Å². The Morgan fingerprint density at radius 1 is 0.650 bits per heavy atom. The summed E-state index contributed by atoms with van der Waals surface area (Å²) in [6.07, 6.45) is 15.1. The Labute approximate surface area is 138 Å². The summed E-state index contributed by atoms with van der Waals surface area (Å²) in [5.41, 5.74) is 1.42. The number of rotatable bonds is 12. The zero-order valence-corrected chi connectivity index (χ0v) is 14.9. The summed E-state index contributed by atoms with van der Waals surface area (Å²) in [5.74, 6) is 0. The van der Waals surface area contributed by atoms with E-state index in [4.69, 9.17) is 11.6 Å². The van der Waals surface area contributed by atoms with Crippen molar-refractivity contribution in [3.63, 3.8) is 0 Å². The molecule has 0 nitrogen and oxygen atoms in total. The maximum Gasteiger partial charge on any atom is 0.0406 e. The first-order chi connectivity index (χ1) is 9.83. The van der Waals surface area contributed by atoms with Crippen molar-refractivity contribution in [2.24, 2.45) is 0 Å². The molecule has 0 heterocycles. The van der Waals surface area contributed by atoms with Gasteiger partial charge in [-0.1, -0.05) is 91.0 Å². The molecule has 0 aliphatic rings. The van der Waals surface area contributed by atoms with Crippen molar-refractivity contribution in [1.29, 1.82) is 0 Å². The average Bonchev–Trinajstić information content (AvgIpc) is 2.47. The molecule has 0 saturated carbocycles. The van der Waals surface area contributed by atoms with Gasteiger partial charge >= 0.3 is 0 Å². The third kappa shape index (κ3) is 9.83. The highest BCUT2D eigenvalue weighted by Crippen LogP contribution is 2.14. The number of aryl methyl sites for hydroxylation is 1. The molecule has 1 aromatic carbocycles. The Kier molecular flexibility index (Phi) is 11.5. The lowest BCUT2D eigenvalue weighted by Crippen LogP contribution is -1.86. The molecule has 0 amide bonds. The van der Waals surface area contributed by atoms with Crippen LogP contribution in [0.5, 0.6) is 0 Å². The molecule has 0 aliphatic carbocycles. The zero-order valence-electron chi connectivity index (χ0n) is 12.6. The molecule has 0 atom stereocenters. The molecule has 114 valence electrons. The van der Waals surface area contributed by atoms with Gasteiger partial charge in [-0.25, -0.2) is 0 Å². The Bertz CT molecular complexity index is 321. The Morgan fingerprint density at radius 3 is 1.60 bits per heavy atom. The molecule has 1 rings (SSSR count). The minimum Gasteiger partial charge on any atom is -0.0928 e. The molecule has 0 saturated heterocycles. The summed E-state index contributed by atoms with van der Waals surface area (Å²) in [7, 11) is 0. The van der Waals surface area contributed by atoms with Crippen LogP contribution < -0.4 is 0 Å². The number of alkyl halides is 1. The van der Waals surface area contributed by atoms with Crippen LogP contribution in [0.1, 0.15) is 69.8 Å². The highest BCUT2D eigenvalue weighted by Gasteiger charge is 1.95. The Balaban J connectivity index is 1.84. The smallest absolute Gasteiger partial charge is 0.0406 e. The number of hydrogen-bond donors (Lipinski definition) is 0. The van der Waals surface area contributed by atoms with Gasteiger partial charge in [-0.2, -0.15) is 0 Å². The van der Waals surface area contributed by atoms with E-state index in [1.54, 1.807) is 0 Å². The van der Waals surface area contributed by atoms with Crippen molar-refractivity contribution in [2.75, 3.05) is 5.33 Å². The molecule has 0 bridgehead atoms. The number of hydrogen-bond acceptors (Lipinski definition) is 0. The van der Waals surface area contributed by atoms with Crippen LogP contribution in [0.4, 0.5) is 0 Å². The van der Waals surface area contributed by atoms with E-state index in [0.29, 0.717) is 0 Å². The van der Waals surface area contributed by atoms with E-state index in [9.17, 15) is 0 Å². The first-order valence-electron chi connectivity index (χ1n) is 8.13. The topological polar surface area (TPSA) is 0 Å².